The summed E-state index contributed by atoms with van der Waals surface area (Å²) in [5.41, 5.74) is 4.07. The van der Waals surface area contributed by atoms with Crippen LogP contribution in [0.4, 0.5) is 0 Å². The van der Waals surface area contributed by atoms with E-state index in [0.717, 1.165) is 19.6 Å². The standard InChI is InChI=1S/C20H24N2S2/c1-21(2)9-10-22(13-17-8-11-23-15-17)14-20-12-19(16-24-20)18-6-4-3-5-7-18/h3-8,11-12,15-16H,9-10,13-14H2,1-2H3/p+1. The molecule has 2 nitrogen and oxygen atoms in total. The monoisotopic (exact) mass is 357 g/mol. The van der Waals surface area contributed by atoms with Crippen molar-refractivity contribution in [1.82, 2.24) is 4.90 Å². The highest BCUT2D eigenvalue weighted by molar-refractivity contribution is 7.10. The van der Waals surface area contributed by atoms with Crippen molar-refractivity contribution in [2.75, 3.05) is 27.2 Å². The van der Waals surface area contributed by atoms with E-state index in [1.807, 2.05) is 11.3 Å². The molecule has 0 saturated heterocycles. The lowest BCUT2D eigenvalue weighted by atomic mass is 10.1. The second-order valence-corrected chi connectivity index (χ2v) is 8.24. The van der Waals surface area contributed by atoms with Gasteiger partial charge in [0.05, 0.1) is 20.6 Å². The number of thiophene rings is 2. The van der Waals surface area contributed by atoms with Crippen LogP contribution in [0.1, 0.15) is 10.4 Å². The molecule has 0 aliphatic carbocycles. The Bertz CT molecular complexity index is 717. The van der Waals surface area contributed by atoms with Crippen molar-refractivity contribution in [2.45, 2.75) is 13.1 Å². The van der Waals surface area contributed by atoms with E-state index in [1.165, 1.54) is 33.0 Å². The Morgan fingerprint density at radius 2 is 1.79 bits per heavy atom. The first-order valence-corrected chi connectivity index (χ1v) is 10.2. The van der Waals surface area contributed by atoms with E-state index in [1.54, 1.807) is 11.3 Å². The van der Waals surface area contributed by atoms with Crippen LogP contribution in [0.3, 0.4) is 0 Å². The van der Waals surface area contributed by atoms with Gasteiger partial charge in [0.25, 0.3) is 0 Å². The Balaban J connectivity index is 1.68. The van der Waals surface area contributed by atoms with E-state index >= 15 is 0 Å². The number of likely N-dealkylation sites (N-methyl/N-ethyl adjacent to an activating group) is 1. The molecule has 2 heterocycles. The molecule has 0 amide bonds. The SMILES string of the molecule is C[NH+](C)CCN(Cc1ccsc1)Cc1cc(-c2ccccc2)cs1. The van der Waals surface area contributed by atoms with Gasteiger partial charge in [-0.1, -0.05) is 30.3 Å². The fraction of sp³-hybridized carbons (Fsp3) is 0.300. The Morgan fingerprint density at radius 1 is 0.958 bits per heavy atom. The Hall–Kier alpha value is -1.46. The summed E-state index contributed by atoms with van der Waals surface area (Å²) in [5.74, 6) is 0. The second kappa shape index (κ2) is 8.58. The average molecular weight is 358 g/mol. The van der Waals surface area contributed by atoms with E-state index in [2.05, 4.69) is 77.6 Å². The summed E-state index contributed by atoms with van der Waals surface area (Å²) in [6, 6.07) is 15.2. The van der Waals surface area contributed by atoms with Crippen LogP contribution in [0, 0.1) is 0 Å². The van der Waals surface area contributed by atoms with Crippen molar-refractivity contribution in [3.63, 3.8) is 0 Å². The van der Waals surface area contributed by atoms with Gasteiger partial charge in [0.2, 0.25) is 0 Å². The summed E-state index contributed by atoms with van der Waals surface area (Å²) in [5, 5.41) is 6.72. The van der Waals surface area contributed by atoms with Crippen LogP contribution in [0.15, 0.2) is 58.6 Å². The normalized spacial score (nSPS) is 11.5. The van der Waals surface area contributed by atoms with Crippen molar-refractivity contribution in [2.24, 2.45) is 0 Å². The molecule has 0 aliphatic rings. The summed E-state index contributed by atoms with van der Waals surface area (Å²) < 4.78 is 0. The van der Waals surface area contributed by atoms with Gasteiger partial charge in [-0.3, -0.25) is 4.90 Å². The van der Waals surface area contributed by atoms with Gasteiger partial charge in [-0.2, -0.15) is 11.3 Å². The minimum Gasteiger partial charge on any atom is -0.339 e. The lowest BCUT2D eigenvalue weighted by molar-refractivity contribution is -0.857. The fourth-order valence-electron chi connectivity index (χ4n) is 2.70. The number of nitrogens with zero attached hydrogens (tertiary/aromatic N) is 1. The fourth-order valence-corrected chi connectivity index (χ4v) is 4.30. The molecule has 0 atom stereocenters. The van der Waals surface area contributed by atoms with Crippen LogP contribution in [0.25, 0.3) is 11.1 Å². The van der Waals surface area contributed by atoms with E-state index < -0.39 is 0 Å². The summed E-state index contributed by atoms with van der Waals surface area (Å²) in [7, 11) is 4.45. The number of quaternary nitrogens is 1. The van der Waals surface area contributed by atoms with Crippen LogP contribution in [0.2, 0.25) is 0 Å². The van der Waals surface area contributed by atoms with Crippen LogP contribution in [-0.2, 0) is 13.1 Å². The van der Waals surface area contributed by atoms with Crippen molar-refractivity contribution < 1.29 is 4.90 Å². The average Bonchev–Trinajstić information content (AvgIpc) is 3.25. The first kappa shape index (κ1) is 17.4. The highest BCUT2D eigenvalue weighted by atomic mass is 32.1. The third kappa shape index (κ3) is 5.02. The van der Waals surface area contributed by atoms with Crippen molar-refractivity contribution in [3.8, 4) is 11.1 Å². The largest absolute Gasteiger partial charge is 0.339 e. The molecule has 4 heteroatoms. The maximum Gasteiger partial charge on any atom is 0.0896 e. The van der Waals surface area contributed by atoms with Gasteiger partial charge in [0, 0.05) is 24.5 Å². The van der Waals surface area contributed by atoms with Gasteiger partial charge in [-0.25, -0.2) is 0 Å². The minimum atomic E-state index is 1.03. The molecule has 3 aromatic rings. The maximum atomic E-state index is 2.57. The predicted molar refractivity (Wildman–Crippen MR) is 106 cm³/mol. The maximum absolute atomic E-state index is 2.57. The van der Waals surface area contributed by atoms with Gasteiger partial charge < -0.3 is 4.90 Å². The summed E-state index contributed by atoms with van der Waals surface area (Å²) in [6.07, 6.45) is 0. The minimum absolute atomic E-state index is 1.03. The molecule has 0 spiro atoms. The van der Waals surface area contributed by atoms with E-state index in [9.17, 15) is 0 Å². The lowest BCUT2D eigenvalue weighted by Gasteiger charge is -2.22. The highest BCUT2D eigenvalue weighted by Gasteiger charge is 2.11. The van der Waals surface area contributed by atoms with Crippen molar-refractivity contribution >= 4 is 22.7 Å². The molecular weight excluding hydrogens is 332 g/mol. The molecule has 1 aromatic carbocycles. The van der Waals surface area contributed by atoms with Crippen molar-refractivity contribution in [3.05, 3.63) is 69.0 Å². The van der Waals surface area contributed by atoms with Gasteiger partial charge in [-0.15, -0.1) is 11.3 Å². The van der Waals surface area contributed by atoms with Gasteiger partial charge in [0.15, 0.2) is 0 Å². The van der Waals surface area contributed by atoms with Crippen LogP contribution < -0.4 is 4.90 Å². The predicted octanol–water partition coefficient (Wildman–Crippen LogP) is 3.62. The molecule has 0 fully saturated rings. The zero-order valence-corrected chi connectivity index (χ0v) is 16.0. The first-order chi connectivity index (χ1) is 11.7. The van der Waals surface area contributed by atoms with E-state index in [0.29, 0.717) is 0 Å². The number of benzene rings is 1. The molecule has 0 saturated carbocycles. The lowest BCUT2D eigenvalue weighted by Crippen LogP contribution is -3.06. The van der Waals surface area contributed by atoms with E-state index in [-0.39, 0.29) is 0 Å². The Labute approximate surface area is 153 Å². The number of hydrogen-bond donors (Lipinski definition) is 1. The van der Waals surface area contributed by atoms with Gasteiger partial charge in [0.1, 0.15) is 0 Å². The van der Waals surface area contributed by atoms with Crippen LogP contribution in [0.5, 0.6) is 0 Å². The number of rotatable bonds is 8. The smallest absolute Gasteiger partial charge is 0.0896 e. The zero-order valence-electron chi connectivity index (χ0n) is 14.4. The summed E-state index contributed by atoms with van der Waals surface area (Å²) in [4.78, 5) is 5.51. The molecule has 0 unspecified atom stereocenters. The molecular formula is C20H25N2S2+. The second-order valence-electron chi connectivity index (χ2n) is 6.47. The van der Waals surface area contributed by atoms with Crippen LogP contribution in [-0.4, -0.2) is 32.1 Å². The Kier molecular flexibility index (Phi) is 6.21. The molecule has 126 valence electrons. The van der Waals surface area contributed by atoms with Crippen molar-refractivity contribution in [1.29, 1.82) is 0 Å². The number of nitrogens with one attached hydrogen (secondary N) is 1. The molecule has 0 radical (unpaired) electrons. The Morgan fingerprint density at radius 3 is 2.50 bits per heavy atom. The molecule has 1 N–H and O–H groups in total. The molecule has 3 rings (SSSR count). The highest BCUT2D eigenvalue weighted by Crippen LogP contribution is 2.26. The van der Waals surface area contributed by atoms with Gasteiger partial charge >= 0.3 is 0 Å². The third-order valence-electron chi connectivity index (χ3n) is 4.05. The summed E-state index contributed by atoms with van der Waals surface area (Å²) >= 11 is 3.66. The van der Waals surface area contributed by atoms with E-state index in [4.69, 9.17) is 0 Å². The van der Waals surface area contributed by atoms with Gasteiger partial charge in [-0.05, 0) is 45.0 Å². The quantitative estimate of drug-likeness (QED) is 0.647. The number of hydrogen-bond acceptors (Lipinski definition) is 3. The topological polar surface area (TPSA) is 7.68 Å². The zero-order chi connectivity index (χ0) is 16.8. The first-order valence-electron chi connectivity index (χ1n) is 8.36. The molecule has 2 aromatic heterocycles. The summed E-state index contributed by atoms with van der Waals surface area (Å²) in [6.45, 7) is 4.35. The third-order valence-corrected chi connectivity index (χ3v) is 5.71. The molecule has 0 bridgehead atoms. The molecule has 0 aliphatic heterocycles. The molecule has 24 heavy (non-hydrogen) atoms. The van der Waals surface area contributed by atoms with Crippen LogP contribution >= 0.6 is 22.7 Å².